The summed E-state index contributed by atoms with van der Waals surface area (Å²) in [6.07, 6.45) is 20.2. The standard InChI is InChI=1S/C7H8ClN.C7H8FN.2C7H9N.2C6H5BrClN.C6H6BrN.2C6H5Cl2N.C6H6ClN.C6H5F2N.C6H6FN/c2*1-5-3-6(2)7(8)9-4-5;1-6-3-7(2)5-8-4-6;1-6-3-4-8-7(2)5-6;1-4-2-5(8)3-9-6(4)7;1-4-2-5(7)3-9-6(4)8;1-5-2-3-8-6(7)4-5;1-4-2-5(7)3-9-6(4)8;1-4-2-5(7)6(8)9-3-4;1-5-2-3-8-6(7)4-5;1-4-2-5(7)9-6(8)3-4;1-5-2-3-8-6(7)4-5/h2*3-4H,1-2H3;2*3-5H,1-2H3;2*2-3H,1H3;2-4H,1H3;2*2-3H,1H3;2-4H,1H3;2-3H,1H3;2-4H,1H3. The van der Waals surface area contributed by atoms with Crippen LogP contribution >= 0.6 is 141 Å². The van der Waals surface area contributed by atoms with Gasteiger partial charge in [0, 0.05) is 90.1 Å². The lowest BCUT2D eigenvalue weighted by atomic mass is 10.2. The fraction of sp³-hybridized carbons (Fsp3) is 0.211. The van der Waals surface area contributed by atoms with E-state index in [9.17, 15) is 17.6 Å². The van der Waals surface area contributed by atoms with Gasteiger partial charge in [-0.15, -0.1) is 0 Å². The van der Waals surface area contributed by atoms with Crippen molar-refractivity contribution < 1.29 is 17.6 Å². The first-order valence-electron chi connectivity index (χ1n) is 30.4. The highest BCUT2D eigenvalue weighted by atomic mass is 79.9. The minimum atomic E-state index is -0.771. The highest BCUT2D eigenvalue weighted by Gasteiger charge is 2.00. The molecule has 0 aliphatic rings. The second-order valence-electron chi connectivity index (χ2n) is 22.1. The Bertz CT molecular complexity index is 3750. The van der Waals surface area contributed by atoms with Gasteiger partial charge in [-0.2, -0.15) is 22.5 Å². The van der Waals surface area contributed by atoms with Gasteiger partial charge in [0.25, 0.3) is 0 Å². The number of pyridine rings is 12. The van der Waals surface area contributed by atoms with Gasteiger partial charge in [0.05, 0.1) is 15.1 Å². The highest BCUT2D eigenvalue weighted by molar-refractivity contribution is 9.11. The Kier molecular flexibility index (Phi) is 47.9. The van der Waals surface area contributed by atoms with Gasteiger partial charge in [-0.25, -0.2) is 44.9 Å². The van der Waals surface area contributed by atoms with Crippen LogP contribution in [0, 0.1) is 135 Å². The second-order valence-corrected chi connectivity index (χ2v) is 27.7. The molecule has 0 saturated carbocycles. The Morgan fingerprint density at radius 3 is 1.02 bits per heavy atom. The van der Waals surface area contributed by atoms with E-state index in [0.29, 0.717) is 52.0 Å². The largest absolute Gasteiger partial charge is 0.264 e. The van der Waals surface area contributed by atoms with E-state index in [4.69, 9.17) is 92.8 Å². The van der Waals surface area contributed by atoms with Crippen molar-refractivity contribution in [2.45, 2.75) is 111 Å². The van der Waals surface area contributed by atoms with Gasteiger partial charge < -0.3 is 0 Å². The molecule has 0 N–H and O–H groups in total. The van der Waals surface area contributed by atoms with Crippen molar-refractivity contribution in [1.82, 2.24) is 59.8 Å². The molecule has 0 aliphatic carbocycles. The summed E-state index contributed by atoms with van der Waals surface area (Å²) in [5.74, 6) is -2.33. The van der Waals surface area contributed by atoms with E-state index in [0.717, 1.165) is 69.4 Å². The monoisotopic (exact) mass is 1750 g/mol. The molecule has 0 atom stereocenters. The van der Waals surface area contributed by atoms with Crippen molar-refractivity contribution in [2.75, 3.05) is 0 Å². The van der Waals surface area contributed by atoms with Gasteiger partial charge in [0.1, 0.15) is 35.0 Å². The molecule has 0 spiro atoms. The number of halogens is 15. The number of nitrogens with zero attached hydrogens (tertiary/aromatic N) is 12. The lowest BCUT2D eigenvalue weighted by Crippen LogP contribution is -1.87. The number of aryl methyl sites for hydroxylation is 16. The third-order valence-electron chi connectivity index (χ3n) is 11.8. The molecule has 27 heteroatoms. The molecule has 0 radical (unpaired) electrons. The van der Waals surface area contributed by atoms with E-state index in [1.165, 1.54) is 59.0 Å². The van der Waals surface area contributed by atoms with Crippen LogP contribution in [0.25, 0.3) is 0 Å². The molecule has 12 nitrogen and oxygen atoms in total. The number of hydrogen-bond donors (Lipinski definition) is 0. The van der Waals surface area contributed by atoms with E-state index in [2.05, 4.69) is 127 Å². The van der Waals surface area contributed by atoms with Gasteiger partial charge in [-0.05, 0) is 321 Å². The van der Waals surface area contributed by atoms with Crippen LogP contribution < -0.4 is 0 Å². The van der Waals surface area contributed by atoms with Crippen LogP contribution in [-0.2, 0) is 0 Å². The Morgan fingerprint density at radius 2 is 0.699 bits per heavy atom. The number of aromatic nitrogens is 12. The first kappa shape index (κ1) is 94.3. The zero-order valence-electron chi connectivity index (χ0n) is 59.3. The normalized spacial score (nSPS) is 9.50. The average molecular weight is 1760 g/mol. The Hall–Kier alpha value is -6.72. The van der Waals surface area contributed by atoms with Crippen molar-refractivity contribution in [3.05, 3.63) is 345 Å². The maximum absolute atomic E-state index is 12.4. The summed E-state index contributed by atoms with van der Waals surface area (Å²) >= 11 is 54.6. The molecule has 0 amide bonds. The molecule has 0 fully saturated rings. The summed E-state index contributed by atoms with van der Waals surface area (Å²) in [6.45, 7) is 30.8. The molecule has 0 unspecified atom stereocenters. The predicted octanol–water partition coefficient (Wildman–Crippen LogP) is 26.0. The van der Waals surface area contributed by atoms with Gasteiger partial charge in [0.15, 0.2) is 0 Å². The van der Waals surface area contributed by atoms with E-state index in [1.807, 2.05) is 157 Å². The first-order valence-corrected chi connectivity index (χ1v) is 35.8. The molecule has 12 heterocycles. The maximum atomic E-state index is 12.4. The summed E-state index contributed by atoms with van der Waals surface area (Å²) in [7, 11) is 0. The second kappa shape index (κ2) is 52.3. The minimum Gasteiger partial charge on any atom is -0.264 e. The lowest BCUT2D eigenvalue weighted by Gasteiger charge is -1.95. The average Bonchev–Trinajstić information content (AvgIpc) is 1.29. The molecule has 0 saturated heterocycles. The van der Waals surface area contributed by atoms with Gasteiger partial charge in [-0.3, -0.25) is 9.97 Å². The lowest BCUT2D eigenvalue weighted by molar-refractivity contribution is 0.511. The quantitative estimate of drug-likeness (QED) is 0.105. The zero-order valence-corrected chi connectivity index (χ0v) is 70.1. The number of rotatable bonds is 0. The van der Waals surface area contributed by atoms with Crippen LogP contribution in [0.4, 0.5) is 17.6 Å². The van der Waals surface area contributed by atoms with E-state index in [1.54, 1.807) is 75.3 Å². The van der Waals surface area contributed by atoms with Crippen molar-refractivity contribution in [3.63, 3.8) is 0 Å². The van der Waals surface area contributed by atoms with Crippen molar-refractivity contribution in [3.8, 4) is 0 Å². The molecule has 0 bridgehead atoms. The highest BCUT2D eigenvalue weighted by Crippen LogP contribution is 2.21. The van der Waals surface area contributed by atoms with Crippen LogP contribution in [-0.4, -0.2) is 59.8 Å². The fourth-order valence-electron chi connectivity index (χ4n) is 6.96. The third-order valence-corrected chi connectivity index (χ3v) is 16.0. The van der Waals surface area contributed by atoms with Crippen LogP contribution in [0.15, 0.2) is 191 Å². The van der Waals surface area contributed by atoms with Crippen LogP contribution in [0.1, 0.15) is 89.1 Å². The minimum absolute atomic E-state index is 0.363. The Morgan fingerprint density at radius 1 is 0.291 bits per heavy atom. The molecule has 546 valence electrons. The summed E-state index contributed by atoms with van der Waals surface area (Å²) in [6, 6.07) is 30.4. The first-order chi connectivity index (χ1) is 48.3. The van der Waals surface area contributed by atoms with E-state index >= 15 is 0 Å². The molecule has 12 aromatic heterocycles. The smallest absolute Gasteiger partial charge is 0.215 e. The molecule has 103 heavy (non-hydrogen) atoms. The molecule has 12 rings (SSSR count). The maximum Gasteiger partial charge on any atom is 0.215 e. The zero-order chi connectivity index (χ0) is 77.9. The topological polar surface area (TPSA) is 155 Å². The van der Waals surface area contributed by atoms with Crippen LogP contribution in [0.3, 0.4) is 0 Å². The summed E-state index contributed by atoms with van der Waals surface area (Å²) in [4.78, 5) is 45.0. The van der Waals surface area contributed by atoms with Gasteiger partial charge in [-0.1, -0.05) is 111 Å². The van der Waals surface area contributed by atoms with Crippen LogP contribution in [0.2, 0.25) is 40.8 Å². The molecular weight excluding hydrogens is 1680 g/mol. The van der Waals surface area contributed by atoms with E-state index in [-0.39, 0.29) is 5.95 Å². The summed E-state index contributed by atoms with van der Waals surface area (Å²) in [5, 5.41) is 4.41. The fourth-order valence-corrected chi connectivity index (χ4v) is 9.39. The third kappa shape index (κ3) is 46.7. The molecule has 0 aliphatic heterocycles. The summed E-state index contributed by atoms with van der Waals surface area (Å²) < 4.78 is 51.3. The predicted molar refractivity (Wildman–Crippen MR) is 430 cm³/mol. The Balaban J connectivity index is 0.000000562. The summed E-state index contributed by atoms with van der Waals surface area (Å²) in [5.41, 5.74) is 16.4. The molecule has 12 aromatic rings. The van der Waals surface area contributed by atoms with Crippen molar-refractivity contribution in [1.29, 1.82) is 0 Å². The van der Waals surface area contributed by atoms with Crippen molar-refractivity contribution in [2.24, 2.45) is 0 Å². The number of hydrogen-bond acceptors (Lipinski definition) is 12. The van der Waals surface area contributed by atoms with E-state index < -0.39 is 17.8 Å². The van der Waals surface area contributed by atoms with Gasteiger partial charge >= 0.3 is 0 Å². The van der Waals surface area contributed by atoms with Crippen molar-refractivity contribution >= 4 is 141 Å². The van der Waals surface area contributed by atoms with Gasteiger partial charge in [0.2, 0.25) is 23.8 Å². The SMILES string of the molecule is Cc1cc(Br)cnc1Cl.Cc1cc(Cl)cnc1Br.Cc1cc(Cl)cnc1Cl.Cc1cc(F)nc(F)c1.Cc1ccnc(Br)c1.Cc1ccnc(C)c1.Cc1ccnc(Cl)c1.Cc1ccnc(F)c1.Cc1cnc(Cl)c(C)c1.Cc1cnc(Cl)c(Cl)c1.Cc1cnc(F)c(C)c1.Cc1cncc(C)c1. The molecule has 0 aromatic carbocycles. The Labute approximate surface area is 667 Å². The molecular formula is C76H77Br3Cl8F4N12. The van der Waals surface area contributed by atoms with Crippen LogP contribution in [0.5, 0.6) is 0 Å².